The van der Waals surface area contributed by atoms with Gasteiger partial charge in [-0.05, 0) is 43.7 Å². The van der Waals surface area contributed by atoms with E-state index in [2.05, 4.69) is 46.7 Å². The summed E-state index contributed by atoms with van der Waals surface area (Å²) in [7, 11) is 0. The van der Waals surface area contributed by atoms with Gasteiger partial charge < -0.3 is 10.2 Å². The predicted molar refractivity (Wildman–Crippen MR) is 101 cm³/mol. The molecular formula is C19H24N4O. The average Bonchev–Trinajstić information content (AvgIpc) is 2.63. The maximum Gasteiger partial charge on any atom is 0.259 e. The van der Waals surface area contributed by atoms with Crippen molar-refractivity contribution in [2.75, 3.05) is 29.9 Å². The third-order valence-corrected chi connectivity index (χ3v) is 3.65. The molecule has 0 aliphatic rings. The van der Waals surface area contributed by atoms with Gasteiger partial charge in [-0.15, -0.1) is 0 Å². The summed E-state index contributed by atoms with van der Waals surface area (Å²) in [5.74, 6) is -0.185. The van der Waals surface area contributed by atoms with Gasteiger partial charge in [0.25, 0.3) is 5.91 Å². The Kier molecular flexibility index (Phi) is 6.83. The highest BCUT2D eigenvalue weighted by molar-refractivity contribution is 5.84. The summed E-state index contributed by atoms with van der Waals surface area (Å²) in [5.41, 5.74) is 5.56. The van der Waals surface area contributed by atoms with E-state index in [-0.39, 0.29) is 12.5 Å². The topological polar surface area (TPSA) is 56.7 Å². The van der Waals surface area contributed by atoms with Crippen LogP contribution in [-0.4, -0.2) is 31.8 Å². The number of nitrogens with one attached hydrogen (secondary N) is 2. The van der Waals surface area contributed by atoms with E-state index in [1.165, 1.54) is 5.69 Å². The number of hydrogen-bond donors (Lipinski definition) is 2. The van der Waals surface area contributed by atoms with E-state index in [0.717, 1.165) is 24.3 Å². The number of carbonyl (C=O) groups is 1. The summed E-state index contributed by atoms with van der Waals surface area (Å²) >= 11 is 0. The SMILES string of the molecule is CCN(CC)c1ccc(/C=N/NC(=O)CNc2ccccc2)cc1. The fourth-order valence-corrected chi connectivity index (χ4v) is 2.32. The lowest BCUT2D eigenvalue weighted by molar-refractivity contribution is -0.119. The number of nitrogens with zero attached hydrogens (tertiary/aromatic N) is 2. The minimum atomic E-state index is -0.185. The molecule has 1 amide bonds. The number of amides is 1. The molecule has 0 atom stereocenters. The quantitative estimate of drug-likeness (QED) is 0.579. The number of hydrogen-bond acceptors (Lipinski definition) is 4. The van der Waals surface area contributed by atoms with E-state index in [1.807, 2.05) is 42.5 Å². The molecule has 0 aromatic heterocycles. The molecule has 5 heteroatoms. The van der Waals surface area contributed by atoms with Gasteiger partial charge in [0.15, 0.2) is 0 Å². The van der Waals surface area contributed by atoms with Crippen LogP contribution in [0.4, 0.5) is 11.4 Å². The van der Waals surface area contributed by atoms with Crippen LogP contribution in [-0.2, 0) is 4.79 Å². The molecule has 0 heterocycles. The third kappa shape index (κ3) is 5.43. The van der Waals surface area contributed by atoms with Gasteiger partial charge in [-0.1, -0.05) is 30.3 Å². The lowest BCUT2D eigenvalue weighted by atomic mass is 10.2. The van der Waals surface area contributed by atoms with Crippen molar-refractivity contribution in [1.29, 1.82) is 0 Å². The van der Waals surface area contributed by atoms with Crippen molar-refractivity contribution < 1.29 is 4.79 Å². The first-order valence-electron chi connectivity index (χ1n) is 8.18. The first kappa shape index (κ1) is 17.5. The van der Waals surface area contributed by atoms with Gasteiger partial charge in [0.1, 0.15) is 0 Å². The van der Waals surface area contributed by atoms with Crippen molar-refractivity contribution in [2.24, 2.45) is 5.10 Å². The molecule has 2 aromatic rings. The van der Waals surface area contributed by atoms with Crippen LogP contribution in [0.1, 0.15) is 19.4 Å². The van der Waals surface area contributed by atoms with Crippen molar-refractivity contribution in [1.82, 2.24) is 5.43 Å². The van der Waals surface area contributed by atoms with Crippen molar-refractivity contribution in [2.45, 2.75) is 13.8 Å². The Labute approximate surface area is 143 Å². The van der Waals surface area contributed by atoms with E-state index in [1.54, 1.807) is 6.21 Å². The Balaban J connectivity index is 1.79. The molecule has 0 bridgehead atoms. The van der Waals surface area contributed by atoms with E-state index in [9.17, 15) is 4.79 Å². The van der Waals surface area contributed by atoms with Crippen LogP contribution in [0.25, 0.3) is 0 Å². The first-order chi connectivity index (χ1) is 11.7. The number of hydrazone groups is 1. The standard InChI is InChI=1S/C19H24N4O/c1-3-23(4-2)18-12-10-16(11-13-18)14-21-22-19(24)15-20-17-8-6-5-7-9-17/h5-14,20H,3-4,15H2,1-2H3,(H,22,24)/b21-14+. The van der Waals surface area contributed by atoms with Crippen LogP contribution in [0.2, 0.25) is 0 Å². The second kappa shape index (κ2) is 9.35. The van der Waals surface area contributed by atoms with E-state index >= 15 is 0 Å². The van der Waals surface area contributed by atoms with Gasteiger partial charge in [-0.2, -0.15) is 5.10 Å². The van der Waals surface area contributed by atoms with Gasteiger partial charge in [0.05, 0.1) is 12.8 Å². The Bertz CT molecular complexity index is 649. The van der Waals surface area contributed by atoms with Gasteiger partial charge >= 0.3 is 0 Å². The van der Waals surface area contributed by atoms with Crippen LogP contribution in [0.3, 0.4) is 0 Å². The van der Waals surface area contributed by atoms with E-state index in [0.29, 0.717) is 0 Å². The number of anilines is 2. The van der Waals surface area contributed by atoms with E-state index in [4.69, 9.17) is 0 Å². The van der Waals surface area contributed by atoms with Crippen molar-refractivity contribution in [3.05, 3.63) is 60.2 Å². The highest BCUT2D eigenvalue weighted by Crippen LogP contribution is 2.13. The van der Waals surface area contributed by atoms with Crippen molar-refractivity contribution >= 4 is 23.5 Å². The fraction of sp³-hybridized carbons (Fsp3) is 0.263. The van der Waals surface area contributed by atoms with Crippen molar-refractivity contribution in [3.8, 4) is 0 Å². The molecule has 0 aliphatic carbocycles. The zero-order valence-electron chi connectivity index (χ0n) is 14.2. The zero-order valence-corrected chi connectivity index (χ0v) is 14.2. The zero-order chi connectivity index (χ0) is 17.2. The monoisotopic (exact) mass is 324 g/mol. The number of rotatable bonds is 8. The summed E-state index contributed by atoms with van der Waals surface area (Å²) in [6.45, 7) is 6.42. The van der Waals surface area contributed by atoms with Gasteiger partial charge in [-0.3, -0.25) is 4.79 Å². The molecule has 126 valence electrons. The number of benzene rings is 2. The maximum absolute atomic E-state index is 11.7. The molecule has 0 radical (unpaired) electrons. The molecule has 0 saturated carbocycles. The second-order valence-corrected chi connectivity index (χ2v) is 5.28. The highest BCUT2D eigenvalue weighted by atomic mass is 16.2. The minimum Gasteiger partial charge on any atom is -0.376 e. The molecule has 0 saturated heterocycles. The summed E-state index contributed by atoms with van der Waals surface area (Å²) in [6.07, 6.45) is 1.65. The summed E-state index contributed by atoms with van der Waals surface area (Å²) < 4.78 is 0. The molecule has 5 nitrogen and oxygen atoms in total. The molecular weight excluding hydrogens is 300 g/mol. The van der Waals surface area contributed by atoms with Crippen LogP contribution in [0, 0.1) is 0 Å². The third-order valence-electron chi connectivity index (χ3n) is 3.65. The molecule has 2 rings (SSSR count). The Hall–Kier alpha value is -2.82. The summed E-state index contributed by atoms with van der Waals surface area (Å²) in [4.78, 5) is 14.0. The molecule has 0 unspecified atom stereocenters. The summed E-state index contributed by atoms with van der Waals surface area (Å²) in [5, 5.41) is 7.02. The molecule has 2 aromatic carbocycles. The Morgan fingerprint density at radius 3 is 2.33 bits per heavy atom. The summed E-state index contributed by atoms with van der Waals surface area (Å²) in [6, 6.07) is 17.7. The van der Waals surface area contributed by atoms with E-state index < -0.39 is 0 Å². The van der Waals surface area contributed by atoms with Gasteiger partial charge in [-0.25, -0.2) is 5.43 Å². The van der Waals surface area contributed by atoms with Crippen LogP contribution >= 0.6 is 0 Å². The largest absolute Gasteiger partial charge is 0.376 e. The lowest BCUT2D eigenvalue weighted by Crippen LogP contribution is -2.25. The number of para-hydroxylation sites is 1. The normalized spacial score (nSPS) is 10.6. The van der Waals surface area contributed by atoms with Crippen LogP contribution in [0.15, 0.2) is 59.7 Å². The average molecular weight is 324 g/mol. The molecule has 0 spiro atoms. The Morgan fingerprint density at radius 2 is 1.71 bits per heavy atom. The van der Waals surface area contributed by atoms with Crippen molar-refractivity contribution in [3.63, 3.8) is 0 Å². The fourth-order valence-electron chi connectivity index (χ4n) is 2.32. The maximum atomic E-state index is 11.7. The lowest BCUT2D eigenvalue weighted by Gasteiger charge is -2.20. The Morgan fingerprint density at radius 1 is 1.04 bits per heavy atom. The van der Waals surface area contributed by atoms with Crippen LogP contribution in [0.5, 0.6) is 0 Å². The molecule has 0 fully saturated rings. The molecule has 2 N–H and O–H groups in total. The molecule has 24 heavy (non-hydrogen) atoms. The highest BCUT2D eigenvalue weighted by Gasteiger charge is 2.01. The minimum absolute atomic E-state index is 0.183. The van der Waals surface area contributed by atoms with Crippen LogP contribution < -0.4 is 15.6 Å². The molecule has 0 aliphatic heterocycles. The van der Waals surface area contributed by atoms with Gasteiger partial charge in [0.2, 0.25) is 0 Å². The first-order valence-corrected chi connectivity index (χ1v) is 8.18. The van der Waals surface area contributed by atoms with Gasteiger partial charge in [0, 0.05) is 24.5 Å². The predicted octanol–water partition coefficient (Wildman–Crippen LogP) is 3.10. The number of carbonyl (C=O) groups excluding carboxylic acids is 1. The second-order valence-electron chi connectivity index (χ2n) is 5.28. The smallest absolute Gasteiger partial charge is 0.259 e.